The molecule has 1 aliphatic carbocycles. The van der Waals surface area contributed by atoms with E-state index in [9.17, 15) is 0 Å². The Bertz CT molecular complexity index is 3860. The minimum atomic E-state index is -0.506. The molecule has 0 N–H and O–H groups in total. The second-order valence-corrected chi connectivity index (χ2v) is 17.1. The molecule has 10 aromatic carbocycles. The third-order valence-electron chi connectivity index (χ3n) is 14.0. The standard InChI is InChI=1S/C61H38N2O/c1-2-16-39(17-3-1)40-32-35-42(36-33-40)62(57-30-15-23-48-46-21-7-13-31-58(46)64-60(48)57)54-27-10-5-18-43(54)41-34-37-51-49(38-41)44-19-4-8-24-50(44)61(51)52-25-9-12-29-56(52)63-55-28-11-6-20-45(55)47-22-14-26-53(61)59(47)63/h1-38H. The van der Waals surface area contributed by atoms with E-state index in [0.29, 0.717) is 0 Å². The van der Waals surface area contributed by atoms with E-state index in [-0.39, 0.29) is 0 Å². The van der Waals surface area contributed by atoms with Gasteiger partial charge in [-0.05, 0) is 98.6 Å². The van der Waals surface area contributed by atoms with E-state index in [1.165, 1.54) is 72.0 Å². The lowest BCUT2D eigenvalue weighted by Crippen LogP contribution is -2.33. The fourth-order valence-electron chi connectivity index (χ4n) is 11.4. The molecule has 3 nitrogen and oxygen atoms in total. The number of para-hydroxylation sites is 6. The van der Waals surface area contributed by atoms with Gasteiger partial charge in [0.05, 0.1) is 33.5 Å². The fraction of sp³-hybridized carbons (Fsp3) is 0.0164. The van der Waals surface area contributed by atoms with Crippen molar-refractivity contribution < 1.29 is 4.42 Å². The molecule has 0 saturated carbocycles. The Morgan fingerprint density at radius 3 is 1.88 bits per heavy atom. The third-order valence-corrected chi connectivity index (χ3v) is 14.0. The first-order chi connectivity index (χ1) is 31.8. The molecule has 12 aromatic rings. The van der Waals surface area contributed by atoms with Crippen LogP contribution in [0.3, 0.4) is 0 Å². The molecule has 0 saturated heterocycles. The van der Waals surface area contributed by atoms with Crippen LogP contribution in [0.4, 0.5) is 17.1 Å². The molecule has 1 atom stereocenters. The fourth-order valence-corrected chi connectivity index (χ4v) is 11.4. The highest BCUT2D eigenvalue weighted by atomic mass is 16.3. The summed E-state index contributed by atoms with van der Waals surface area (Å²) in [6, 6.07) is 84.4. The molecular formula is C61H38N2O. The second kappa shape index (κ2) is 13.3. The van der Waals surface area contributed by atoms with Crippen molar-refractivity contribution in [1.29, 1.82) is 0 Å². The van der Waals surface area contributed by atoms with Crippen molar-refractivity contribution in [2.45, 2.75) is 5.41 Å². The minimum absolute atomic E-state index is 0.506. The van der Waals surface area contributed by atoms with Gasteiger partial charge in [-0.3, -0.25) is 0 Å². The van der Waals surface area contributed by atoms with Gasteiger partial charge in [0, 0.05) is 32.8 Å². The smallest absolute Gasteiger partial charge is 0.159 e. The molecule has 0 amide bonds. The molecule has 2 aliphatic rings. The quantitative estimate of drug-likeness (QED) is 0.173. The third kappa shape index (κ3) is 4.70. The van der Waals surface area contributed by atoms with Gasteiger partial charge in [0.25, 0.3) is 0 Å². The summed E-state index contributed by atoms with van der Waals surface area (Å²) in [6.45, 7) is 0. The Kier molecular flexibility index (Phi) is 7.32. The van der Waals surface area contributed by atoms with Crippen molar-refractivity contribution >= 4 is 60.8 Å². The Morgan fingerprint density at radius 1 is 0.375 bits per heavy atom. The number of fused-ring (bicyclic) bond motifs is 15. The van der Waals surface area contributed by atoms with Gasteiger partial charge in [0.2, 0.25) is 0 Å². The summed E-state index contributed by atoms with van der Waals surface area (Å²) in [5.74, 6) is 0. The Hall–Kier alpha value is -8.40. The number of benzene rings is 10. The molecule has 64 heavy (non-hydrogen) atoms. The maximum atomic E-state index is 6.76. The SMILES string of the molecule is c1ccc(-c2ccc(N(c3ccccc3-c3ccc4c(c3)-c3ccccc3C43c4ccccc4-n4c5ccccc5c5cccc3c54)c3cccc4c3oc3ccccc34)cc2)cc1. The van der Waals surface area contributed by atoms with Crippen LogP contribution in [0.2, 0.25) is 0 Å². The summed E-state index contributed by atoms with van der Waals surface area (Å²) in [4.78, 5) is 2.38. The molecule has 14 rings (SSSR count). The molecule has 298 valence electrons. The zero-order valence-electron chi connectivity index (χ0n) is 34.7. The van der Waals surface area contributed by atoms with Crippen molar-refractivity contribution in [3.63, 3.8) is 0 Å². The number of hydrogen-bond acceptors (Lipinski definition) is 2. The summed E-state index contributed by atoms with van der Waals surface area (Å²) in [7, 11) is 0. The van der Waals surface area contributed by atoms with E-state index >= 15 is 0 Å². The zero-order chi connectivity index (χ0) is 41.9. The number of furan rings is 1. The predicted molar refractivity (Wildman–Crippen MR) is 264 cm³/mol. The van der Waals surface area contributed by atoms with Crippen LogP contribution in [0, 0.1) is 0 Å². The maximum absolute atomic E-state index is 6.76. The van der Waals surface area contributed by atoms with Crippen LogP contribution >= 0.6 is 0 Å². The van der Waals surface area contributed by atoms with Crippen molar-refractivity contribution in [2.75, 3.05) is 4.90 Å². The molecule has 1 spiro atoms. The highest BCUT2D eigenvalue weighted by Gasteiger charge is 2.50. The molecule has 0 bridgehead atoms. The van der Waals surface area contributed by atoms with Gasteiger partial charge in [-0.2, -0.15) is 0 Å². The van der Waals surface area contributed by atoms with E-state index in [2.05, 4.69) is 234 Å². The van der Waals surface area contributed by atoms with Crippen molar-refractivity contribution in [3.8, 4) is 39.1 Å². The van der Waals surface area contributed by atoms with Crippen molar-refractivity contribution in [1.82, 2.24) is 4.57 Å². The lowest BCUT2D eigenvalue weighted by molar-refractivity contribution is 0.669. The van der Waals surface area contributed by atoms with Gasteiger partial charge in [0.1, 0.15) is 5.58 Å². The molecule has 3 heteroatoms. The van der Waals surface area contributed by atoms with E-state index < -0.39 is 5.41 Å². The number of nitrogens with zero attached hydrogens (tertiary/aromatic N) is 2. The molecular weight excluding hydrogens is 777 g/mol. The Balaban J connectivity index is 1.00. The highest BCUT2D eigenvalue weighted by molar-refractivity contribution is 6.13. The summed E-state index contributed by atoms with van der Waals surface area (Å²) < 4.78 is 9.27. The van der Waals surface area contributed by atoms with Gasteiger partial charge in [-0.1, -0.05) is 182 Å². The summed E-state index contributed by atoms with van der Waals surface area (Å²) >= 11 is 0. The lowest BCUT2D eigenvalue weighted by Gasteiger charge is -2.39. The summed E-state index contributed by atoms with van der Waals surface area (Å²) in [6.07, 6.45) is 0. The molecule has 0 radical (unpaired) electrons. The number of hydrogen-bond donors (Lipinski definition) is 0. The van der Waals surface area contributed by atoms with E-state index in [0.717, 1.165) is 50.1 Å². The Labute approximate surface area is 370 Å². The van der Waals surface area contributed by atoms with E-state index in [4.69, 9.17) is 4.42 Å². The largest absolute Gasteiger partial charge is 0.454 e. The average Bonchev–Trinajstić information content (AvgIpc) is 4.01. The van der Waals surface area contributed by atoms with Crippen molar-refractivity contribution in [3.05, 3.63) is 253 Å². The molecule has 2 aromatic heterocycles. The summed E-state index contributed by atoms with van der Waals surface area (Å²) in [5, 5.41) is 4.77. The van der Waals surface area contributed by atoms with Crippen molar-refractivity contribution in [2.24, 2.45) is 0 Å². The van der Waals surface area contributed by atoms with Crippen LogP contribution in [0.1, 0.15) is 22.3 Å². The van der Waals surface area contributed by atoms with Gasteiger partial charge >= 0.3 is 0 Å². The molecule has 1 unspecified atom stereocenters. The molecule has 0 fully saturated rings. The molecule has 3 heterocycles. The first kappa shape index (κ1) is 35.2. The van der Waals surface area contributed by atoms with E-state index in [1.807, 2.05) is 6.07 Å². The highest BCUT2D eigenvalue weighted by Crippen LogP contribution is 2.61. The average molecular weight is 815 g/mol. The number of rotatable bonds is 5. The van der Waals surface area contributed by atoms with Crippen LogP contribution in [0.5, 0.6) is 0 Å². The zero-order valence-corrected chi connectivity index (χ0v) is 34.7. The maximum Gasteiger partial charge on any atom is 0.159 e. The normalized spacial score (nSPS) is 14.6. The van der Waals surface area contributed by atoms with E-state index in [1.54, 1.807) is 0 Å². The predicted octanol–water partition coefficient (Wildman–Crippen LogP) is 16.2. The monoisotopic (exact) mass is 814 g/mol. The van der Waals surface area contributed by atoms with Gasteiger partial charge in [0.15, 0.2) is 5.58 Å². The van der Waals surface area contributed by atoms with Crippen LogP contribution < -0.4 is 4.90 Å². The number of anilines is 3. The van der Waals surface area contributed by atoms with Gasteiger partial charge < -0.3 is 13.9 Å². The first-order valence-electron chi connectivity index (χ1n) is 22.1. The minimum Gasteiger partial charge on any atom is -0.454 e. The van der Waals surface area contributed by atoms with Crippen LogP contribution in [-0.2, 0) is 5.41 Å². The topological polar surface area (TPSA) is 21.3 Å². The number of aromatic nitrogens is 1. The first-order valence-corrected chi connectivity index (χ1v) is 22.1. The lowest BCUT2D eigenvalue weighted by atomic mass is 9.65. The van der Waals surface area contributed by atoms with Crippen LogP contribution in [-0.4, -0.2) is 4.57 Å². The molecule has 1 aliphatic heterocycles. The van der Waals surface area contributed by atoms with Gasteiger partial charge in [-0.15, -0.1) is 0 Å². The van der Waals surface area contributed by atoms with Gasteiger partial charge in [-0.25, -0.2) is 0 Å². The Morgan fingerprint density at radius 2 is 0.984 bits per heavy atom. The second-order valence-electron chi connectivity index (χ2n) is 17.1. The van der Waals surface area contributed by atoms with Crippen LogP contribution in [0.15, 0.2) is 235 Å². The van der Waals surface area contributed by atoms with Crippen LogP contribution in [0.25, 0.3) is 82.8 Å². The summed E-state index contributed by atoms with van der Waals surface area (Å²) in [5.41, 5.74) is 20.5.